The second-order valence-corrected chi connectivity index (χ2v) is 5.47. The molecule has 0 spiro atoms. The third-order valence-electron chi connectivity index (χ3n) is 3.51. The van der Waals surface area contributed by atoms with E-state index in [1.54, 1.807) is 0 Å². The SMILES string of the molecule is CCCCCCCCNc1c(C)cc(C)cc1C. The monoisotopic (exact) mass is 247 g/mol. The van der Waals surface area contributed by atoms with E-state index >= 15 is 0 Å². The van der Waals surface area contributed by atoms with Crippen LogP contribution in [0.5, 0.6) is 0 Å². The van der Waals surface area contributed by atoms with Crippen molar-refractivity contribution in [2.24, 2.45) is 0 Å². The highest BCUT2D eigenvalue weighted by molar-refractivity contribution is 5.58. The number of anilines is 1. The fourth-order valence-electron chi connectivity index (χ4n) is 2.58. The Morgan fingerprint density at radius 1 is 0.833 bits per heavy atom. The van der Waals surface area contributed by atoms with Crippen LogP contribution in [0.15, 0.2) is 12.1 Å². The van der Waals surface area contributed by atoms with Crippen LogP contribution in [0, 0.1) is 20.8 Å². The number of nitrogens with one attached hydrogen (secondary N) is 1. The van der Waals surface area contributed by atoms with Crippen molar-refractivity contribution in [3.05, 3.63) is 28.8 Å². The largest absolute Gasteiger partial charge is 0.385 e. The van der Waals surface area contributed by atoms with E-state index in [0.29, 0.717) is 0 Å². The minimum absolute atomic E-state index is 1.11. The van der Waals surface area contributed by atoms with Crippen molar-refractivity contribution in [2.45, 2.75) is 66.2 Å². The molecule has 1 aromatic rings. The van der Waals surface area contributed by atoms with Crippen molar-refractivity contribution < 1.29 is 0 Å². The minimum atomic E-state index is 1.11. The Balaban J connectivity index is 2.27. The van der Waals surface area contributed by atoms with Crippen LogP contribution in [0.1, 0.15) is 62.1 Å². The Hall–Kier alpha value is -0.980. The minimum Gasteiger partial charge on any atom is -0.385 e. The molecule has 1 rings (SSSR count). The summed E-state index contributed by atoms with van der Waals surface area (Å²) in [5.74, 6) is 0. The summed E-state index contributed by atoms with van der Waals surface area (Å²) in [6.45, 7) is 9.94. The predicted molar refractivity (Wildman–Crippen MR) is 82.5 cm³/mol. The van der Waals surface area contributed by atoms with Crippen LogP contribution in [-0.2, 0) is 0 Å². The van der Waals surface area contributed by atoms with E-state index in [-0.39, 0.29) is 0 Å². The van der Waals surface area contributed by atoms with Crippen LogP contribution in [-0.4, -0.2) is 6.54 Å². The van der Waals surface area contributed by atoms with E-state index in [2.05, 4.69) is 45.1 Å². The quantitative estimate of drug-likeness (QED) is 0.608. The Morgan fingerprint density at radius 3 is 2.00 bits per heavy atom. The number of benzene rings is 1. The maximum Gasteiger partial charge on any atom is 0.0399 e. The lowest BCUT2D eigenvalue weighted by Gasteiger charge is -2.13. The molecule has 1 nitrogen and oxygen atoms in total. The normalized spacial score (nSPS) is 10.7. The average molecular weight is 247 g/mol. The van der Waals surface area contributed by atoms with Crippen molar-refractivity contribution in [1.29, 1.82) is 0 Å². The van der Waals surface area contributed by atoms with E-state index in [1.165, 1.54) is 60.9 Å². The number of hydrogen-bond donors (Lipinski definition) is 1. The lowest BCUT2D eigenvalue weighted by molar-refractivity contribution is 0.617. The lowest BCUT2D eigenvalue weighted by atomic mass is 10.0. The van der Waals surface area contributed by atoms with Gasteiger partial charge in [0.05, 0.1) is 0 Å². The molecule has 1 heteroatoms. The maximum absolute atomic E-state index is 3.60. The van der Waals surface area contributed by atoms with Crippen molar-refractivity contribution in [2.75, 3.05) is 11.9 Å². The zero-order valence-corrected chi connectivity index (χ0v) is 12.6. The summed E-state index contributed by atoms with van der Waals surface area (Å²) >= 11 is 0. The highest BCUT2D eigenvalue weighted by Gasteiger charge is 2.02. The lowest BCUT2D eigenvalue weighted by Crippen LogP contribution is -2.05. The second-order valence-electron chi connectivity index (χ2n) is 5.47. The Bertz CT molecular complexity index is 332. The van der Waals surface area contributed by atoms with E-state index in [4.69, 9.17) is 0 Å². The van der Waals surface area contributed by atoms with Crippen molar-refractivity contribution in [3.8, 4) is 0 Å². The zero-order chi connectivity index (χ0) is 13.4. The molecule has 1 aromatic carbocycles. The Kier molecular flexibility index (Phi) is 6.85. The van der Waals surface area contributed by atoms with Gasteiger partial charge in [0.25, 0.3) is 0 Å². The van der Waals surface area contributed by atoms with Gasteiger partial charge < -0.3 is 5.32 Å². The van der Waals surface area contributed by atoms with Gasteiger partial charge in [0.2, 0.25) is 0 Å². The summed E-state index contributed by atoms with van der Waals surface area (Å²) in [6, 6.07) is 4.52. The summed E-state index contributed by atoms with van der Waals surface area (Å²) in [7, 11) is 0. The summed E-state index contributed by atoms with van der Waals surface area (Å²) in [6.07, 6.45) is 8.16. The van der Waals surface area contributed by atoms with Gasteiger partial charge in [-0.1, -0.05) is 56.7 Å². The highest BCUT2D eigenvalue weighted by atomic mass is 14.9. The molecule has 0 radical (unpaired) electrons. The van der Waals surface area contributed by atoms with Gasteiger partial charge in [-0.15, -0.1) is 0 Å². The Morgan fingerprint density at radius 2 is 1.39 bits per heavy atom. The van der Waals surface area contributed by atoms with Gasteiger partial charge in [-0.05, 0) is 38.3 Å². The van der Waals surface area contributed by atoms with Crippen LogP contribution in [0.3, 0.4) is 0 Å². The molecule has 0 saturated carbocycles. The van der Waals surface area contributed by atoms with Gasteiger partial charge in [-0.25, -0.2) is 0 Å². The molecule has 0 aromatic heterocycles. The molecule has 102 valence electrons. The standard InChI is InChI=1S/C17H29N/c1-5-6-7-8-9-10-11-18-17-15(3)12-14(2)13-16(17)4/h12-13,18H,5-11H2,1-4H3. The number of hydrogen-bond acceptors (Lipinski definition) is 1. The molecule has 0 atom stereocenters. The third-order valence-corrected chi connectivity index (χ3v) is 3.51. The molecule has 1 N–H and O–H groups in total. The predicted octanol–water partition coefficient (Wildman–Crippen LogP) is 5.38. The topological polar surface area (TPSA) is 12.0 Å². The van der Waals surface area contributed by atoms with Crippen LogP contribution in [0.4, 0.5) is 5.69 Å². The molecule has 0 saturated heterocycles. The molecule has 0 fully saturated rings. The molecular weight excluding hydrogens is 218 g/mol. The number of rotatable bonds is 8. The van der Waals surface area contributed by atoms with Gasteiger partial charge in [0, 0.05) is 12.2 Å². The van der Waals surface area contributed by atoms with E-state index in [1.807, 2.05) is 0 Å². The highest BCUT2D eigenvalue weighted by Crippen LogP contribution is 2.21. The summed E-state index contributed by atoms with van der Waals surface area (Å²) < 4.78 is 0. The van der Waals surface area contributed by atoms with Crippen LogP contribution in [0.25, 0.3) is 0 Å². The summed E-state index contributed by atoms with van der Waals surface area (Å²) in [4.78, 5) is 0. The van der Waals surface area contributed by atoms with Crippen molar-refractivity contribution in [1.82, 2.24) is 0 Å². The van der Waals surface area contributed by atoms with Crippen molar-refractivity contribution in [3.63, 3.8) is 0 Å². The van der Waals surface area contributed by atoms with Crippen LogP contribution < -0.4 is 5.32 Å². The number of unbranched alkanes of at least 4 members (excludes halogenated alkanes) is 5. The molecule has 0 bridgehead atoms. The molecule has 18 heavy (non-hydrogen) atoms. The van der Waals surface area contributed by atoms with Crippen LogP contribution in [0.2, 0.25) is 0 Å². The van der Waals surface area contributed by atoms with Crippen molar-refractivity contribution >= 4 is 5.69 Å². The zero-order valence-electron chi connectivity index (χ0n) is 12.6. The first kappa shape index (κ1) is 15.1. The average Bonchev–Trinajstić information content (AvgIpc) is 2.30. The molecular formula is C17H29N. The molecule has 0 unspecified atom stereocenters. The number of aryl methyl sites for hydroxylation is 3. The van der Waals surface area contributed by atoms with Crippen LogP contribution >= 0.6 is 0 Å². The maximum atomic E-state index is 3.60. The fourth-order valence-corrected chi connectivity index (χ4v) is 2.58. The van der Waals surface area contributed by atoms with Gasteiger partial charge >= 0.3 is 0 Å². The van der Waals surface area contributed by atoms with E-state index in [9.17, 15) is 0 Å². The van der Waals surface area contributed by atoms with Gasteiger partial charge in [-0.2, -0.15) is 0 Å². The fraction of sp³-hybridized carbons (Fsp3) is 0.647. The van der Waals surface area contributed by atoms with Gasteiger partial charge in [0.15, 0.2) is 0 Å². The second kappa shape index (κ2) is 8.18. The first-order chi connectivity index (χ1) is 8.65. The summed E-state index contributed by atoms with van der Waals surface area (Å²) in [5.41, 5.74) is 5.45. The molecule has 0 heterocycles. The molecule has 0 aliphatic rings. The van der Waals surface area contributed by atoms with E-state index < -0.39 is 0 Å². The van der Waals surface area contributed by atoms with Gasteiger partial charge in [-0.3, -0.25) is 0 Å². The molecule has 0 aliphatic carbocycles. The first-order valence-electron chi connectivity index (χ1n) is 7.47. The van der Waals surface area contributed by atoms with E-state index in [0.717, 1.165) is 6.54 Å². The molecule has 0 aliphatic heterocycles. The smallest absolute Gasteiger partial charge is 0.0399 e. The van der Waals surface area contributed by atoms with Gasteiger partial charge in [0.1, 0.15) is 0 Å². The third kappa shape index (κ3) is 5.12. The first-order valence-corrected chi connectivity index (χ1v) is 7.47. The Labute approximate surface area is 113 Å². The summed E-state index contributed by atoms with van der Waals surface area (Å²) in [5, 5.41) is 3.60. The molecule has 0 amide bonds.